The van der Waals surface area contributed by atoms with Gasteiger partial charge in [0.25, 0.3) is 0 Å². The van der Waals surface area contributed by atoms with E-state index in [9.17, 15) is 4.79 Å². The molecule has 1 rings (SSSR count). The largest absolute Gasteiger partial charge is 0.295 e. The topological polar surface area (TPSA) is 17.1 Å². The van der Waals surface area contributed by atoms with Crippen molar-refractivity contribution in [1.82, 2.24) is 0 Å². The Labute approximate surface area is 111 Å². The van der Waals surface area contributed by atoms with Gasteiger partial charge < -0.3 is 0 Å². The summed E-state index contributed by atoms with van der Waals surface area (Å²) in [5, 5.41) is 0. The summed E-state index contributed by atoms with van der Waals surface area (Å²) in [6.45, 7) is 10.0. The molecule has 0 bridgehead atoms. The molecule has 0 spiro atoms. The molecule has 0 heterocycles. The molecule has 0 aromatic heterocycles. The van der Waals surface area contributed by atoms with Crippen LogP contribution in [0.3, 0.4) is 0 Å². The number of carbonyl (C=O) groups excluding carboxylic acids is 1. The SMILES string of the molecule is C=CCCCC1CCC(=O)C=C1C#CC(C)(C)C. The van der Waals surface area contributed by atoms with Gasteiger partial charge in [-0.3, -0.25) is 4.79 Å². The molecule has 0 amide bonds. The zero-order chi connectivity index (χ0) is 13.6. The van der Waals surface area contributed by atoms with Crippen molar-refractivity contribution in [3.8, 4) is 11.8 Å². The first-order chi connectivity index (χ1) is 8.42. The van der Waals surface area contributed by atoms with Crippen LogP contribution >= 0.6 is 0 Å². The lowest BCUT2D eigenvalue weighted by atomic mass is 9.83. The summed E-state index contributed by atoms with van der Waals surface area (Å²) in [4.78, 5) is 11.5. The number of hydrogen-bond donors (Lipinski definition) is 0. The van der Waals surface area contributed by atoms with Crippen LogP contribution in [0, 0.1) is 23.2 Å². The molecule has 1 nitrogen and oxygen atoms in total. The van der Waals surface area contributed by atoms with Crippen LogP contribution in [-0.2, 0) is 4.79 Å². The third-order valence-electron chi connectivity index (χ3n) is 3.04. The quantitative estimate of drug-likeness (QED) is 0.409. The van der Waals surface area contributed by atoms with E-state index >= 15 is 0 Å². The second-order valence-electron chi connectivity index (χ2n) is 6.02. The highest BCUT2D eigenvalue weighted by molar-refractivity contribution is 5.92. The maximum Gasteiger partial charge on any atom is 0.156 e. The molecule has 0 saturated heterocycles. The first kappa shape index (κ1) is 14.8. The molecule has 0 aromatic carbocycles. The molecule has 1 atom stereocenters. The highest BCUT2D eigenvalue weighted by Crippen LogP contribution is 2.28. The molecular weight excluding hydrogens is 220 g/mol. The van der Waals surface area contributed by atoms with E-state index in [1.165, 1.54) is 0 Å². The molecule has 1 unspecified atom stereocenters. The van der Waals surface area contributed by atoms with Crippen molar-refractivity contribution in [1.29, 1.82) is 0 Å². The van der Waals surface area contributed by atoms with Crippen LogP contribution in [0.2, 0.25) is 0 Å². The van der Waals surface area contributed by atoms with Crippen LogP contribution in [-0.4, -0.2) is 5.78 Å². The second kappa shape index (κ2) is 6.59. The van der Waals surface area contributed by atoms with Gasteiger partial charge in [0.05, 0.1) is 0 Å². The lowest BCUT2D eigenvalue weighted by Gasteiger charge is -2.20. The Bertz CT molecular complexity index is 396. The van der Waals surface area contributed by atoms with Gasteiger partial charge in [0.2, 0.25) is 0 Å². The van der Waals surface area contributed by atoms with E-state index < -0.39 is 0 Å². The van der Waals surface area contributed by atoms with Crippen LogP contribution in [0.4, 0.5) is 0 Å². The summed E-state index contributed by atoms with van der Waals surface area (Å²) in [5.41, 5.74) is 1.04. The molecule has 0 saturated carbocycles. The van der Waals surface area contributed by atoms with Gasteiger partial charge >= 0.3 is 0 Å². The maximum absolute atomic E-state index is 11.5. The molecule has 1 aliphatic rings. The zero-order valence-electron chi connectivity index (χ0n) is 11.9. The van der Waals surface area contributed by atoms with Gasteiger partial charge in [-0.15, -0.1) is 6.58 Å². The summed E-state index contributed by atoms with van der Waals surface area (Å²) < 4.78 is 0. The van der Waals surface area contributed by atoms with E-state index in [1.54, 1.807) is 6.08 Å². The van der Waals surface area contributed by atoms with E-state index in [2.05, 4.69) is 39.2 Å². The lowest BCUT2D eigenvalue weighted by molar-refractivity contribution is -0.115. The third-order valence-corrected chi connectivity index (χ3v) is 3.04. The molecule has 18 heavy (non-hydrogen) atoms. The molecule has 1 heteroatoms. The number of ketones is 1. The molecule has 0 aliphatic heterocycles. The Morgan fingerprint density at radius 3 is 2.83 bits per heavy atom. The minimum Gasteiger partial charge on any atom is -0.295 e. The number of rotatable bonds is 4. The van der Waals surface area contributed by atoms with Gasteiger partial charge in [-0.2, -0.15) is 0 Å². The van der Waals surface area contributed by atoms with E-state index in [0.717, 1.165) is 31.3 Å². The normalized spacial score (nSPS) is 19.8. The summed E-state index contributed by atoms with van der Waals surface area (Å²) >= 11 is 0. The highest BCUT2D eigenvalue weighted by atomic mass is 16.1. The molecule has 0 radical (unpaired) electrons. The lowest BCUT2D eigenvalue weighted by Crippen LogP contribution is -2.14. The van der Waals surface area contributed by atoms with Gasteiger partial charge in [-0.1, -0.05) is 17.9 Å². The number of allylic oxidation sites excluding steroid dienone is 3. The fourth-order valence-electron chi connectivity index (χ4n) is 2.04. The van der Waals surface area contributed by atoms with Crippen LogP contribution < -0.4 is 0 Å². The predicted octanol–water partition coefficient (Wildman–Crippen LogP) is 4.30. The van der Waals surface area contributed by atoms with Gasteiger partial charge in [0.15, 0.2) is 5.78 Å². The minimum atomic E-state index is -0.00694. The first-order valence-corrected chi connectivity index (χ1v) is 6.81. The Morgan fingerprint density at radius 1 is 1.50 bits per heavy atom. The Balaban J connectivity index is 2.76. The van der Waals surface area contributed by atoms with Crippen molar-refractivity contribution in [2.75, 3.05) is 0 Å². The Kier molecular flexibility index (Phi) is 5.41. The fourth-order valence-corrected chi connectivity index (χ4v) is 2.04. The average Bonchev–Trinajstić information content (AvgIpc) is 2.28. The predicted molar refractivity (Wildman–Crippen MR) is 77.1 cm³/mol. The number of unbranched alkanes of at least 4 members (excludes halogenated alkanes) is 1. The summed E-state index contributed by atoms with van der Waals surface area (Å²) in [7, 11) is 0. The fraction of sp³-hybridized carbons (Fsp3) is 0.588. The van der Waals surface area contributed by atoms with Gasteiger partial charge in [0.1, 0.15) is 0 Å². The van der Waals surface area contributed by atoms with Crippen LogP contribution in [0.5, 0.6) is 0 Å². The van der Waals surface area contributed by atoms with Gasteiger partial charge in [-0.05, 0) is 58.4 Å². The van der Waals surface area contributed by atoms with E-state index in [0.29, 0.717) is 12.3 Å². The highest BCUT2D eigenvalue weighted by Gasteiger charge is 2.20. The second-order valence-corrected chi connectivity index (χ2v) is 6.02. The van der Waals surface area contributed by atoms with Crippen LogP contribution in [0.15, 0.2) is 24.3 Å². The molecule has 1 aliphatic carbocycles. The average molecular weight is 244 g/mol. The summed E-state index contributed by atoms with van der Waals surface area (Å²) in [5.74, 6) is 7.17. The number of hydrogen-bond acceptors (Lipinski definition) is 1. The molecular formula is C17H24O. The van der Waals surface area contributed by atoms with Crippen molar-refractivity contribution >= 4 is 5.78 Å². The van der Waals surface area contributed by atoms with Crippen molar-refractivity contribution < 1.29 is 4.79 Å². The van der Waals surface area contributed by atoms with Gasteiger partial charge in [-0.25, -0.2) is 0 Å². The minimum absolute atomic E-state index is 0.00694. The standard InChI is InChI=1S/C17H24O/c1-5-6-7-8-14-9-10-16(18)13-15(14)11-12-17(2,3)4/h5,13-14H,1,6-10H2,2-4H3. The van der Waals surface area contributed by atoms with E-state index in [4.69, 9.17) is 0 Å². The first-order valence-electron chi connectivity index (χ1n) is 6.81. The van der Waals surface area contributed by atoms with Crippen molar-refractivity contribution in [3.05, 3.63) is 24.3 Å². The Morgan fingerprint density at radius 2 is 2.22 bits per heavy atom. The van der Waals surface area contributed by atoms with E-state index in [-0.39, 0.29) is 11.2 Å². The Hall–Kier alpha value is -1.29. The van der Waals surface area contributed by atoms with Crippen molar-refractivity contribution in [3.63, 3.8) is 0 Å². The molecule has 0 fully saturated rings. The summed E-state index contributed by atoms with van der Waals surface area (Å²) in [6, 6.07) is 0. The molecule has 0 N–H and O–H groups in total. The van der Waals surface area contributed by atoms with Crippen LogP contribution in [0.25, 0.3) is 0 Å². The smallest absolute Gasteiger partial charge is 0.156 e. The number of carbonyl (C=O) groups is 1. The van der Waals surface area contributed by atoms with E-state index in [1.807, 2.05) is 6.08 Å². The maximum atomic E-state index is 11.5. The third kappa shape index (κ3) is 5.36. The van der Waals surface area contributed by atoms with Crippen molar-refractivity contribution in [2.45, 2.75) is 52.9 Å². The van der Waals surface area contributed by atoms with Crippen molar-refractivity contribution in [2.24, 2.45) is 11.3 Å². The molecule has 0 aromatic rings. The monoisotopic (exact) mass is 244 g/mol. The van der Waals surface area contributed by atoms with Crippen LogP contribution in [0.1, 0.15) is 52.9 Å². The van der Waals surface area contributed by atoms with Gasteiger partial charge in [0, 0.05) is 17.4 Å². The summed E-state index contributed by atoms with van der Waals surface area (Å²) in [6.07, 6.45) is 8.66. The zero-order valence-corrected chi connectivity index (χ0v) is 11.9. The molecule has 98 valence electrons.